The number of hydrogen-bond acceptors (Lipinski definition) is 1. The zero-order chi connectivity index (χ0) is 26.2. The minimum atomic E-state index is -1.01. The molecule has 0 spiro atoms. The van der Waals surface area contributed by atoms with Crippen LogP contribution in [0.4, 0.5) is 0 Å². The van der Waals surface area contributed by atoms with Gasteiger partial charge in [-0.2, -0.15) is 12.1 Å². The monoisotopic (exact) mass is 574 g/mol. The molecule has 6 rings (SSSR count). The van der Waals surface area contributed by atoms with Crippen LogP contribution in [0.1, 0.15) is 11.1 Å². The second kappa shape index (κ2) is 13.0. The molecular formula is C34H32OSiZr-2. The van der Waals surface area contributed by atoms with Gasteiger partial charge in [-0.25, -0.2) is 0 Å². The predicted molar refractivity (Wildman–Crippen MR) is 158 cm³/mol. The van der Waals surface area contributed by atoms with Gasteiger partial charge in [0.15, 0.2) is 0 Å². The third-order valence-electron chi connectivity index (χ3n) is 6.16. The van der Waals surface area contributed by atoms with Gasteiger partial charge >= 0.3 is 43.2 Å². The van der Waals surface area contributed by atoms with Crippen molar-refractivity contribution >= 4 is 27.0 Å². The van der Waals surface area contributed by atoms with Crippen LogP contribution in [0.3, 0.4) is 0 Å². The molecule has 0 aromatic heterocycles. The van der Waals surface area contributed by atoms with E-state index in [4.69, 9.17) is 0 Å². The maximum atomic E-state index is 9.84. The van der Waals surface area contributed by atoms with Crippen molar-refractivity contribution in [1.82, 2.24) is 0 Å². The zero-order valence-corrected chi connectivity index (χ0v) is 25.4. The van der Waals surface area contributed by atoms with Gasteiger partial charge in [-0.15, -0.1) is 69.1 Å². The first kappa shape index (κ1) is 27.0. The molecule has 1 nitrogen and oxygen atoms in total. The molecule has 0 unspecified atom stereocenters. The molecule has 3 heteroatoms. The molecule has 0 aliphatic rings. The molecule has 0 N–H and O–H groups in total. The Kier molecular flexibility index (Phi) is 9.50. The fraction of sp³-hybridized carbons (Fsp3) is 0.118. The van der Waals surface area contributed by atoms with Crippen LogP contribution in [-0.2, 0) is 24.7 Å². The molecule has 0 atom stereocenters. The molecule has 6 aromatic carbocycles. The predicted octanol–water partition coefficient (Wildman–Crippen LogP) is 9.73. The van der Waals surface area contributed by atoms with E-state index in [0.717, 1.165) is 0 Å². The van der Waals surface area contributed by atoms with Gasteiger partial charge in [-0.05, 0) is 11.1 Å². The molecule has 0 heterocycles. The van der Waals surface area contributed by atoms with Gasteiger partial charge in [-0.1, -0.05) is 97.8 Å². The Morgan fingerprint density at radius 2 is 0.946 bits per heavy atom. The molecule has 37 heavy (non-hydrogen) atoms. The van der Waals surface area contributed by atoms with Crippen molar-refractivity contribution in [2.24, 2.45) is 0 Å². The van der Waals surface area contributed by atoms with Crippen LogP contribution in [0.2, 0.25) is 13.1 Å². The second-order valence-corrected chi connectivity index (χ2v) is 20.6. The van der Waals surface area contributed by atoms with Crippen molar-refractivity contribution in [1.29, 1.82) is 0 Å². The van der Waals surface area contributed by atoms with E-state index in [0.29, 0.717) is 0 Å². The molecule has 184 valence electrons. The molecule has 0 fully saturated rings. The van der Waals surface area contributed by atoms with Gasteiger partial charge in [0, 0.05) is 0 Å². The Labute approximate surface area is 232 Å². The maximum absolute atomic E-state index is 9.84. The minimum Gasteiger partial charge on any atom is -0.165 e. The van der Waals surface area contributed by atoms with Gasteiger partial charge in [0.25, 0.3) is 0 Å². The van der Waals surface area contributed by atoms with Crippen LogP contribution in [-0.4, -0.2) is 5.43 Å². The third-order valence-corrected chi connectivity index (χ3v) is 9.58. The number of aryl methyl sites for hydroxylation is 2. The van der Waals surface area contributed by atoms with E-state index >= 15 is 0 Å². The summed E-state index contributed by atoms with van der Waals surface area (Å²) < 4.78 is 9.84. The Bertz CT molecular complexity index is 1530. The summed E-state index contributed by atoms with van der Waals surface area (Å²) in [5.41, 5.74) is 7.64. The van der Waals surface area contributed by atoms with Crippen LogP contribution in [0.5, 0.6) is 0 Å². The third kappa shape index (κ3) is 7.06. The Balaban J connectivity index is 0.000000147. The summed E-state index contributed by atoms with van der Waals surface area (Å²) in [5, 5.41) is 5.37. The van der Waals surface area contributed by atoms with E-state index in [1.54, 1.807) is 0 Å². The van der Waals surface area contributed by atoms with Gasteiger partial charge in [-0.3, -0.25) is 0 Å². The van der Waals surface area contributed by atoms with E-state index in [2.05, 4.69) is 148 Å². The van der Waals surface area contributed by atoms with Crippen LogP contribution >= 0.6 is 0 Å². The molecule has 0 amide bonds. The summed E-state index contributed by atoms with van der Waals surface area (Å²) in [6.45, 7) is 8.47. The van der Waals surface area contributed by atoms with Crippen molar-refractivity contribution in [3.63, 3.8) is 0 Å². The van der Waals surface area contributed by atoms with Crippen molar-refractivity contribution in [2.45, 2.75) is 26.9 Å². The summed E-state index contributed by atoms with van der Waals surface area (Å²) >= 11 is -1.01. The smallest absolute Gasteiger partial charge is 0.0279 e. The van der Waals surface area contributed by atoms with Crippen LogP contribution < -0.4 is 0 Å². The Morgan fingerprint density at radius 3 is 1.30 bits per heavy atom. The molecule has 0 bridgehead atoms. The minimum absolute atomic E-state index is 0.260. The van der Waals surface area contributed by atoms with Gasteiger partial charge in [0.1, 0.15) is 0 Å². The summed E-state index contributed by atoms with van der Waals surface area (Å²) in [4.78, 5) is 0. The van der Waals surface area contributed by atoms with Gasteiger partial charge < -0.3 is 0 Å². The maximum Gasteiger partial charge on any atom is -0.0279 e. The zero-order valence-electron chi connectivity index (χ0n) is 22.0. The van der Waals surface area contributed by atoms with Crippen LogP contribution in [0.15, 0.2) is 121 Å². The summed E-state index contributed by atoms with van der Waals surface area (Å²) in [7, 11) is 0. The normalized spacial score (nSPS) is 10.2. The summed E-state index contributed by atoms with van der Waals surface area (Å²) in [6.07, 6.45) is 0. The first-order valence-corrected chi connectivity index (χ1v) is 19.8. The largest absolute Gasteiger partial charge is 0.165 e. The second-order valence-electron chi connectivity index (χ2n) is 9.52. The van der Waals surface area contributed by atoms with E-state index < -0.39 is 21.9 Å². The van der Waals surface area contributed by atoms with Crippen LogP contribution in [0, 0.1) is 13.8 Å². The van der Waals surface area contributed by atoms with Gasteiger partial charge in [0.05, 0.1) is 0 Å². The van der Waals surface area contributed by atoms with E-state index in [1.165, 1.54) is 54.9 Å². The molecular weight excluding hydrogens is 544 g/mol. The Morgan fingerprint density at radius 1 is 0.568 bits per heavy atom. The van der Waals surface area contributed by atoms with Crippen molar-refractivity contribution in [3.05, 3.63) is 132 Å². The fourth-order valence-corrected chi connectivity index (χ4v) is 4.51. The summed E-state index contributed by atoms with van der Waals surface area (Å²) in [5.74, 6) is 0. The average Bonchev–Trinajstić information content (AvgIpc) is 3.50. The first-order chi connectivity index (χ1) is 18.0. The quantitative estimate of drug-likeness (QED) is 0.148. The standard InChI is InChI=1S/2C16H13.C2H6Si.O.Zr/c2*1-12-10-14-8-5-9-15(16(14)11-12)13-6-3-2-4-7-13;1-3-2;;/h2*2-11H,1H3;1-2H3;;/q2*-1;;;. The molecule has 0 aliphatic heterocycles. The number of hydrogen-bond donors (Lipinski definition) is 0. The number of benzene rings is 4. The van der Waals surface area contributed by atoms with E-state index in [1.807, 2.05) is 0 Å². The molecule has 6 aromatic rings. The van der Waals surface area contributed by atoms with Crippen LogP contribution in [0.25, 0.3) is 43.8 Å². The van der Waals surface area contributed by atoms with Crippen molar-refractivity contribution in [2.75, 3.05) is 0 Å². The molecule has 0 aliphatic carbocycles. The van der Waals surface area contributed by atoms with E-state index in [9.17, 15) is 2.81 Å². The number of rotatable bonds is 2. The number of fused-ring (bicyclic) bond motifs is 2. The summed E-state index contributed by atoms with van der Waals surface area (Å²) in [6, 6.07) is 43.1. The van der Waals surface area contributed by atoms with Gasteiger partial charge in [0.2, 0.25) is 0 Å². The molecule has 0 saturated heterocycles. The SMILES string of the molecule is C[Si](C)=[Zr]=[O].Cc1cc2c(-c3ccccc3)cccc2[cH-]1.Cc1cc2c(-c3ccccc3)cccc2[cH-]1. The molecule has 0 radical (unpaired) electrons. The fourth-order valence-electron chi connectivity index (χ4n) is 4.51. The Hall–Kier alpha value is -3.00. The van der Waals surface area contributed by atoms with E-state index in [-0.39, 0.29) is 5.43 Å². The topological polar surface area (TPSA) is 17.1 Å². The molecule has 0 saturated carbocycles. The first-order valence-electron chi connectivity index (χ1n) is 12.6. The van der Waals surface area contributed by atoms with Crippen molar-refractivity contribution < 1.29 is 24.7 Å². The average molecular weight is 576 g/mol. The van der Waals surface area contributed by atoms with Crippen molar-refractivity contribution in [3.8, 4) is 22.3 Å².